The van der Waals surface area contributed by atoms with Gasteiger partial charge in [-0.2, -0.15) is 0 Å². The van der Waals surface area contributed by atoms with Gasteiger partial charge in [-0.1, -0.05) is 58.9 Å². The Balaban J connectivity index is 1.78. The second kappa shape index (κ2) is 9.42. The zero-order valence-corrected chi connectivity index (χ0v) is 21.1. The molecule has 3 heteroatoms. The Morgan fingerprint density at radius 3 is 2.35 bits per heavy atom. The van der Waals surface area contributed by atoms with Gasteiger partial charge in [0.25, 0.3) is 0 Å². The number of pyridine rings is 1. The average Bonchev–Trinajstić information content (AvgIpc) is 2.71. The van der Waals surface area contributed by atoms with E-state index < -0.39 is 0 Å². The predicted octanol–water partition coefficient (Wildman–Crippen LogP) is 6.20. The van der Waals surface area contributed by atoms with Crippen LogP contribution in [0.1, 0.15) is 89.7 Å². The van der Waals surface area contributed by atoms with E-state index in [1.807, 2.05) is 6.20 Å². The topological polar surface area (TPSA) is 19.4 Å². The average molecular weight is 422 g/mol. The van der Waals surface area contributed by atoms with Gasteiger partial charge in [0.1, 0.15) is 0 Å². The highest BCUT2D eigenvalue weighted by Crippen LogP contribution is 2.35. The number of hydrogen-bond acceptors (Lipinski definition) is 3. The molecule has 1 aromatic heterocycles. The number of rotatable bonds is 5. The van der Waals surface area contributed by atoms with Crippen LogP contribution in [0.4, 0.5) is 0 Å². The normalized spacial score (nSPS) is 19.2. The molecule has 170 valence electrons. The van der Waals surface area contributed by atoms with Gasteiger partial charge in [0.15, 0.2) is 0 Å². The van der Waals surface area contributed by atoms with Crippen LogP contribution < -0.4 is 0 Å². The molecular weight excluding hydrogens is 378 g/mol. The van der Waals surface area contributed by atoms with Crippen molar-refractivity contribution in [1.29, 1.82) is 0 Å². The van der Waals surface area contributed by atoms with E-state index in [1.165, 1.54) is 22.4 Å². The molecular formula is C28H43N3. The van der Waals surface area contributed by atoms with Crippen molar-refractivity contribution in [2.24, 2.45) is 0 Å². The Labute approximate surface area is 190 Å². The Morgan fingerprint density at radius 1 is 1.00 bits per heavy atom. The van der Waals surface area contributed by atoms with Crippen molar-refractivity contribution in [3.05, 3.63) is 65.0 Å². The lowest BCUT2D eigenvalue weighted by atomic mass is 9.88. The van der Waals surface area contributed by atoms with Gasteiger partial charge in [0.2, 0.25) is 0 Å². The SMILES string of the molecule is CC(C)c1ccccc1C1CN(CCc2ccnc(C(C)(C)C)c2)CCN1C(C)(C)C. The van der Waals surface area contributed by atoms with Gasteiger partial charge < -0.3 is 0 Å². The lowest BCUT2D eigenvalue weighted by molar-refractivity contribution is 0.00883. The molecule has 1 aliphatic heterocycles. The number of hydrogen-bond donors (Lipinski definition) is 0. The van der Waals surface area contributed by atoms with E-state index >= 15 is 0 Å². The number of aromatic nitrogens is 1. The fraction of sp³-hybridized carbons (Fsp3) is 0.607. The maximum Gasteiger partial charge on any atom is 0.0483 e. The van der Waals surface area contributed by atoms with Gasteiger partial charge >= 0.3 is 0 Å². The zero-order valence-electron chi connectivity index (χ0n) is 21.1. The minimum absolute atomic E-state index is 0.0972. The summed E-state index contributed by atoms with van der Waals surface area (Å²) in [6, 6.07) is 14.0. The standard InChI is InChI=1S/C28H43N3/c1-21(2)23-11-9-10-12-24(23)25-20-30(17-18-31(25)28(6,7)8)16-14-22-13-15-29-26(19-22)27(3,4)5/h9-13,15,19,21,25H,14,16-18,20H2,1-8H3. The third-order valence-electron chi connectivity index (χ3n) is 6.61. The minimum atomic E-state index is 0.0972. The first-order valence-electron chi connectivity index (χ1n) is 12.0. The lowest BCUT2D eigenvalue weighted by Crippen LogP contribution is -2.55. The van der Waals surface area contributed by atoms with Crippen LogP contribution in [-0.2, 0) is 11.8 Å². The maximum atomic E-state index is 4.60. The molecule has 1 aliphatic rings. The van der Waals surface area contributed by atoms with E-state index in [1.54, 1.807) is 0 Å². The van der Waals surface area contributed by atoms with Crippen LogP contribution in [-0.4, -0.2) is 46.5 Å². The predicted molar refractivity (Wildman–Crippen MR) is 133 cm³/mol. The third-order valence-corrected chi connectivity index (χ3v) is 6.61. The fourth-order valence-electron chi connectivity index (χ4n) is 4.78. The summed E-state index contributed by atoms with van der Waals surface area (Å²) >= 11 is 0. The van der Waals surface area contributed by atoms with Crippen molar-refractivity contribution in [2.75, 3.05) is 26.2 Å². The van der Waals surface area contributed by atoms with E-state index in [9.17, 15) is 0 Å². The summed E-state index contributed by atoms with van der Waals surface area (Å²) in [4.78, 5) is 9.98. The molecule has 1 saturated heterocycles. The second-order valence-corrected chi connectivity index (χ2v) is 11.5. The van der Waals surface area contributed by atoms with Crippen LogP contribution in [0.5, 0.6) is 0 Å². The van der Waals surface area contributed by atoms with Gasteiger partial charge in [0, 0.05) is 55.1 Å². The van der Waals surface area contributed by atoms with E-state index in [4.69, 9.17) is 0 Å². The number of piperazine rings is 1. The second-order valence-electron chi connectivity index (χ2n) is 11.5. The summed E-state index contributed by atoms with van der Waals surface area (Å²) in [6.45, 7) is 22.9. The van der Waals surface area contributed by atoms with Crippen molar-refractivity contribution >= 4 is 0 Å². The Morgan fingerprint density at radius 2 is 1.71 bits per heavy atom. The van der Waals surface area contributed by atoms with Crippen molar-refractivity contribution in [2.45, 2.75) is 84.7 Å². The van der Waals surface area contributed by atoms with Gasteiger partial charge in [0.05, 0.1) is 0 Å². The highest BCUT2D eigenvalue weighted by Gasteiger charge is 2.35. The maximum absolute atomic E-state index is 4.60. The molecule has 1 atom stereocenters. The van der Waals surface area contributed by atoms with Crippen LogP contribution in [0, 0.1) is 0 Å². The van der Waals surface area contributed by atoms with E-state index in [0.29, 0.717) is 12.0 Å². The van der Waals surface area contributed by atoms with Crippen molar-refractivity contribution in [3.8, 4) is 0 Å². The first-order chi connectivity index (χ1) is 14.5. The van der Waals surface area contributed by atoms with Crippen LogP contribution in [0.15, 0.2) is 42.6 Å². The highest BCUT2D eigenvalue weighted by molar-refractivity contribution is 5.33. The summed E-state index contributed by atoms with van der Waals surface area (Å²) in [5.74, 6) is 0.543. The molecule has 3 rings (SSSR count). The molecule has 1 fully saturated rings. The van der Waals surface area contributed by atoms with Crippen molar-refractivity contribution in [3.63, 3.8) is 0 Å². The monoisotopic (exact) mass is 421 g/mol. The molecule has 0 spiro atoms. The summed E-state index contributed by atoms with van der Waals surface area (Å²) in [6.07, 6.45) is 3.06. The molecule has 0 N–H and O–H groups in total. The van der Waals surface area contributed by atoms with Crippen molar-refractivity contribution in [1.82, 2.24) is 14.8 Å². The molecule has 0 saturated carbocycles. The lowest BCUT2D eigenvalue weighted by Gasteiger charge is -2.49. The van der Waals surface area contributed by atoms with Crippen LogP contribution >= 0.6 is 0 Å². The smallest absolute Gasteiger partial charge is 0.0483 e. The molecule has 3 nitrogen and oxygen atoms in total. The summed E-state index contributed by atoms with van der Waals surface area (Å²) < 4.78 is 0. The number of nitrogens with zero attached hydrogens (tertiary/aromatic N) is 3. The van der Waals surface area contributed by atoms with Crippen LogP contribution in [0.3, 0.4) is 0 Å². The fourth-order valence-corrected chi connectivity index (χ4v) is 4.78. The third kappa shape index (κ3) is 5.96. The highest BCUT2D eigenvalue weighted by atomic mass is 15.3. The van der Waals surface area contributed by atoms with Crippen LogP contribution in [0.2, 0.25) is 0 Å². The Kier molecular flexibility index (Phi) is 7.28. The van der Waals surface area contributed by atoms with Crippen molar-refractivity contribution < 1.29 is 0 Å². The number of benzene rings is 1. The molecule has 31 heavy (non-hydrogen) atoms. The molecule has 0 amide bonds. The summed E-state index contributed by atoms with van der Waals surface area (Å²) in [5, 5.41) is 0. The quantitative estimate of drug-likeness (QED) is 0.573. The molecule has 1 unspecified atom stereocenters. The van der Waals surface area contributed by atoms with Gasteiger partial charge in [-0.3, -0.25) is 14.8 Å². The Bertz CT molecular complexity index is 857. The van der Waals surface area contributed by atoms with E-state index in [-0.39, 0.29) is 11.0 Å². The van der Waals surface area contributed by atoms with Gasteiger partial charge in [-0.15, -0.1) is 0 Å². The Hall–Kier alpha value is -1.71. The molecule has 0 bridgehead atoms. The summed E-state index contributed by atoms with van der Waals surface area (Å²) in [5.41, 5.74) is 5.85. The molecule has 0 radical (unpaired) electrons. The molecule has 1 aromatic carbocycles. The largest absolute Gasteiger partial charge is 0.300 e. The van der Waals surface area contributed by atoms with Gasteiger partial charge in [-0.05, 0) is 61.9 Å². The minimum Gasteiger partial charge on any atom is -0.300 e. The van der Waals surface area contributed by atoms with E-state index in [2.05, 4.69) is 107 Å². The zero-order chi connectivity index (χ0) is 22.8. The molecule has 2 heterocycles. The molecule has 0 aliphatic carbocycles. The van der Waals surface area contributed by atoms with E-state index in [0.717, 1.165) is 32.6 Å². The first kappa shape index (κ1) is 23.9. The summed E-state index contributed by atoms with van der Waals surface area (Å²) in [7, 11) is 0. The first-order valence-corrected chi connectivity index (χ1v) is 12.0. The molecule has 2 aromatic rings. The van der Waals surface area contributed by atoms with Gasteiger partial charge in [-0.25, -0.2) is 0 Å². The van der Waals surface area contributed by atoms with Crippen LogP contribution in [0.25, 0.3) is 0 Å².